The van der Waals surface area contributed by atoms with Gasteiger partial charge in [0.25, 0.3) is 5.69 Å². The SMILES string of the molecule is O=[N+]([O-])c1ccc(CN2CCC[C@@H]2c2ccncc2)cc1. The number of rotatable bonds is 4. The molecule has 1 atom stereocenters. The molecule has 2 heterocycles. The van der Waals surface area contributed by atoms with E-state index in [4.69, 9.17) is 0 Å². The van der Waals surface area contributed by atoms with E-state index in [1.54, 1.807) is 12.1 Å². The zero-order chi connectivity index (χ0) is 14.7. The lowest BCUT2D eigenvalue weighted by atomic mass is 10.1. The van der Waals surface area contributed by atoms with Gasteiger partial charge in [0.2, 0.25) is 0 Å². The maximum Gasteiger partial charge on any atom is 0.269 e. The van der Waals surface area contributed by atoms with E-state index in [0.29, 0.717) is 6.04 Å². The molecule has 1 aliphatic rings. The summed E-state index contributed by atoms with van der Waals surface area (Å²) in [6.07, 6.45) is 5.99. The summed E-state index contributed by atoms with van der Waals surface area (Å²) in [7, 11) is 0. The van der Waals surface area contributed by atoms with Gasteiger partial charge in [-0.05, 0) is 42.6 Å². The molecule has 5 heteroatoms. The first-order valence-electron chi connectivity index (χ1n) is 7.11. The van der Waals surface area contributed by atoms with Crippen molar-refractivity contribution < 1.29 is 4.92 Å². The predicted molar refractivity (Wildman–Crippen MR) is 79.7 cm³/mol. The lowest BCUT2D eigenvalue weighted by molar-refractivity contribution is -0.384. The molecule has 108 valence electrons. The Kier molecular flexibility index (Phi) is 3.92. The number of nitro benzene ring substituents is 1. The van der Waals surface area contributed by atoms with Crippen molar-refractivity contribution in [3.05, 3.63) is 70.0 Å². The van der Waals surface area contributed by atoms with Crippen LogP contribution in [0.3, 0.4) is 0 Å². The van der Waals surface area contributed by atoms with Crippen molar-refractivity contribution in [3.63, 3.8) is 0 Å². The van der Waals surface area contributed by atoms with Gasteiger partial charge < -0.3 is 0 Å². The minimum absolute atomic E-state index is 0.144. The highest BCUT2D eigenvalue weighted by Gasteiger charge is 2.25. The highest BCUT2D eigenvalue weighted by molar-refractivity contribution is 5.33. The van der Waals surface area contributed by atoms with Crippen molar-refractivity contribution in [1.29, 1.82) is 0 Å². The Morgan fingerprint density at radius 1 is 1.19 bits per heavy atom. The molecule has 1 saturated heterocycles. The molecule has 1 fully saturated rings. The van der Waals surface area contributed by atoms with Crippen LogP contribution in [0.5, 0.6) is 0 Å². The van der Waals surface area contributed by atoms with Gasteiger partial charge in [0.15, 0.2) is 0 Å². The van der Waals surface area contributed by atoms with E-state index in [-0.39, 0.29) is 10.6 Å². The maximum atomic E-state index is 10.7. The molecular weight excluding hydrogens is 266 g/mol. The summed E-state index contributed by atoms with van der Waals surface area (Å²) in [5, 5.41) is 10.7. The normalized spacial score (nSPS) is 18.8. The van der Waals surface area contributed by atoms with Crippen LogP contribution in [0.1, 0.15) is 30.0 Å². The average molecular weight is 283 g/mol. The minimum atomic E-state index is -0.362. The van der Waals surface area contributed by atoms with Crippen molar-refractivity contribution in [2.45, 2.75) is 25.4 Å². The largest absolute Gasteiger partial charge is 0.292 e. The number of benzene rings is 1. The number of nitrogens with zero attached hydrogens (tertiary/aromatic N) is 3. The minimum Gasteiger partial charge on any atom is -0.292 e. The third kappa shape index (κ3) is 3.08. The first-order valence-corrected chi connectivity index (χ1v) is 7.11. The second-order valence-electron chi connectivity index (χ2n) is 5.33. The Morgan fingerprint density at radius 3 is 2.57 bits per heavy atom. The van der Waals surface area contributed by atoms with Crippen LogP contribution in [-0.2, 0) is 6.54 Å². The Morgan fingerprint density at radius 2 is 1.90 bits per heavy atom. The van der Waals surface area contributed by atoms with Gasteiger partial charge >= 0.3 is 0 Å². The molecule has 1 aromatic carbocycles. The number of pyridine rings is 1. The van der Waals surface area contributed by atoms with Gasteiger partial charge in [0, 0.05) is 37.1 Å². The lowest BCUT2D eigenvalue weighted by Crippen LogP contribution is -2.22. The topological polar surface area (TPSA) is 59.3 Å². The van der Waals surface area contributed by atoms with Crippen molar-refractivity contribution >= 4 is 5.69 Å². The summed E-state index contributed by atoms with van der Waals surface area (Å²) >= 11 is 0. The van der Waals surface area contributed by atoms with Crippen molar-refractivity contribution in [2.24, 2.45) is 0 Å². The molecule has 0 spiro atoms. The second-order valence-corrected chi connectivity index (χ2v) is 5.33. The van der Waals surface area contributed by atoms with Crippen molar-refractivity contribution in [3.8, 4) is 0 Å². The molecule has 0 aliphatic carbocycles. The standard InChI is InChI=1S/C16H17N3O2/c20-19(21)15-5-3-13(4-6-15)12-18-11-1-2-16(18)14-7-9-17-10-8-14/h3-10,16H,1-2,11-12H2/t16-/m1/s1. The quantitative estimate of drug-likeness (QED) is 0.638. The van der Waals surface area contributed by atoms with Gasteiger partial charge in [-0.25, -0.2) is 0 Å². The summed E-state index contributed by atoms with van der Waals surface area (Å²) < 4.78 is 0. The van der Waals surface area contributed by atoms with Crippen molar-refractivity contribution in [1.82, 2.24) is 9.88 Å². The predicted octanol–water partition coefficient (Wildman–Crippen LogP) is 3.33. The van der Waals surface area contributed by atoms with Gasteiger partial charge in [0.1, 0.15) is 0 Å². The Labute approximate surface area is 123 Å². The number of nitro groups is 1. The molecule has 0 N–H and O–H groups in total. The van der Waals surface area contributed by atoms with Crippen LogP contribution >= 0.6 is 0 Å². The van der Waals surface area contributed by atoms with Crippen LogP contribution in [0.25, 0.3) is 0 Å². The summed E-state index contributed by atoms with van der Waals surface area (Å²) in [6.45, 7) is 1.88. The molecule has 1 aromatic heterocycles. The fraction of sp³-hybridized carbons (Fsp3) is 0.312. The summed E-state index contributed by atoms with van der Waals surface area (Å²) in [4.78, 5) is 16.8. The first kappa shape index (κ1) is 13.7. The molecule has 0 bridgehead atoms. The molecule has 0 amide bonds. The average Bonchev–Trinajstić information content (AvgIpc) is 2.97. The van der Waals surface area contributed by atoms with Gasteiger partial charge in [0.05, 0.1) is 4.92 Å². The molecule has 2 aromatic rings. The van der Waals surface area contributed by atoms with E-state index in [1.807, 2.05) is 24.5 Å². The molecule has 21 heavy (non-hydrogen) atoms. The zero-order valence-electron chi connectivity index (χ0n) is 11.7. The smallest absolute Gasteiger partial charge is 0.269 e. The molecule has 3 rings (SSSR count). The van der Waals surface area contributed by atoms with Gasteiger partial charge in [-0.2, -0.15) is 0 Å². The molecule has 0 saturated carbocycles. The van der Waals surface area contributed by atoms with Crippen molar-refractivity contribution in [2.75, 3.05) is 6.54 Å². The highest BCUT2D eigenvalue weighted by Crippen LogP contribution is 2.32. The summed E-state index contributed by atoms with van der Waals surface area (Å²) in [6, 6.07) is 11.4. The van der Waals surface area contributed by atoms with Gasteiger partial charge in [-0.15, -0.1) is 0 Å². The Bertz CT molecular complexity index is 613. The molecule has 0 radical (unpaired) electrons. The Balaban J connectivity index is 1.73. The van der Waals surface area contributed by atoms with Crippen LogP contribution in [0.15, 0.2) is 48.8 Å². The first-order chi connectivity index (χ1) is 10.2. The van der Waals surface area contributed by atoms with E-state index < -0.39 is 0 Å². The number of hydrogen-bond acceptors (Lipinski definition) is 4. The number of likely N-dealkylation sites (tertiary alicyclic amines) is 1. The summed E-state index contributed by atoms with van der Waals surface area (Å²) in [5.74, 6) is 0. The fourth-order valence-electron chi connectivity index (χ4n) is 2.94. The highest BCUT2D eigenvalue weighted by atomic mass is 16.6. The van der Waals surface area contributed by atoms with Gasteiger partial charge in [-0.1, -0.05) is 12.1 Å². The second kappa shape index (κ2) is 6.01. The van der Waals surface area contributed by atoms with E-state index in [9.17, 15) is 10.1 Å². The molecular formula is C16H17N3O2. The number of hydrogen-bond donors (Lipinski definition) is 0. The fourth-order valence-corrected chi connectivity index (χ4v) is 2.94. The van der Waals surface area contributed by atoms with Gasteiger partial charge in [-0.3, -0.25) is 20.0 Å². The van der Waals surface area contributed by atoms with E-state index >= 15 is 0 Å². The third-order valence-electron chi connectivity index (χ3n) is 3.99. The number of aromatic nitrogens is 1. The van der Waals surface area contributed by atoms with E-state index in [1.165, 1.54) is 12.0 Å². The van der Waals surface area contributed by atoms with Crippen LogP contribution < -0.4 is 0 Å². The Hall–Kier alpha value is -2.27. The molecule has 0 unspecified atom stereocenters. The van der Waals surface area contributed by atoms with E-state index in [2.05, 4.69) is 22.0 Å². The lowest BCUT2D eigenvalue weighted by Gasteiger charge is -2.24. The molecule has 5 nitrogen and oxygen atoms in total. The monoisotopic (exact) mass is 283 g/mol. The third-order valence-corrected chi connectivity index (χ3v) is 3.99. The maximum absolute atomic E-state index is 10.7. The number of non-ortho nitro benzene ring substituents is 1. The molecule has 1 aliphatic heterocycles. The van der Waals surface area contributed by atoms with Crippen LogP contribution in [-0.4, -0.2) is 21.4 Å². The van der Waals surface area contributed by atoms with Crippen LogP contribution in [0.4, 0.5) is 5.69 Å². The van der Waals surface area contributed by atoms with Crippen LogP contribution in [0.2, 0.25) is 0 Å². The zero-order valence-corrected chi connectivity index (χ0v) is 11.7. The van der Waals surface area contributed by atoms with Crippen LogP contribution in [0, 0.1) is 10.1 Å². The summed E-state index contributed by atoms with van der Waals surface area (Å²) in [5.41, 5.74) is 2.55. The van der Waals surface area contributed by atoms with E-state index in [0.717, 1.165) is 25.1 Å².